The first kappa shape index (κ1) is 22.4. The molecule has 0 bridgehead atoms. The Morgan fingerprint density at radius 1 is 1.09 bits per heavy atom. The van der Waals surface area contributed by atoms with Gasteiger partial charge in [0, 0.05) is 37.7 Å². The van der Waals surface area contributed by atoms with Crippen molar-refractivity contribution in [2.24, 2.45) is 0 Å². The van der Waals surface area contributed by atoms with Gasteiger partial charge in [-0.25, -0.2) is 4.79 Å². The van der Waals surface area contributed by atoms with Crippen LogP contribution in [-0.4, -0.2) is 72.5 Å². The summed E-state index contributed by atoms with van der Waals surface area (Å²) in [6.07, 6.45) is 5.26. The normalized spacial score (nSPS) is 18.9. The fourth-order valence-electron chi connectivity index (χ4n) is 4.49. The molecule has 1 N–H and O–H groups in total. The Bertz CT molecular complexity index is 904. The van der Waals surface area contributed by atoms with Gasteiger partial charge in [-0.2, -0.15) is 4.98 Å². The number of hydrogen-bond donors (Lipinski definition) is 1. The number of carbonyl (C=O) groups is 1. The summed E-state index contributed by atoms with van der Waals surface area (Å²) in [6, 6.07) is 5.63. The van der Waals surface area contributed by atoms with Crippen LogP contribution in [0.2, 0.25) is 0 Å². The molecule has 2 aliphatic rings. The highest BCUT2D eigenvalue weighted by Crippen LogP contribution is 2.33. The van der Waals surface area contributed by atoms with E-state index in [1.807, 2.05) is 23.1 Å². The Morgan fingerprint density at radius 2 is 1.81 bits per heavy atom. The average molecular weight is 444 g/mol. The van der Waals surface area contributed by atoms with Crippen molar-refractivity contribution in [1.82, 2.24) is 25.3 Å². The standard InChI is InChI=1S/C23H33N5O4/c1-16(24-23(29)28-11-5-4-6-12-28)27-13-9-17(10-14-27)22-25-21(26-32-22)18-7-8-19(30-2)20(15-18)31-3/h7-8,15-17H,4-6,9-14H2,1-3H3,(H,24,29). The van der Waals surface area contributed by atoms with Crippen LogP contribution in [0.25, 0.3) is 11.4 Å². The minimum Gasteiger partial charge on any atom is -0.493 e. The number of likely N-dealkylation sites (tertiary alicyclic amines) is 2. The van der Waals surface area contributed by atoms with Crippen LogP contribution in [-0.2, 0) is 0 Å². The summed E-state index contributed by atoms with van der Waals surface area (Å²) in [4.78, 5) is 21.4. The van der Waals surface area contributed by atoms with Crippen molar-refractivity contribution in [2.45, 2.75) is 51.1 Å². The Hall–Kier alpha value is -2.81. The highest BCUT2D eigenvalue weighted by atomic mass is 16.5. The number of hydrogen-bond acceptors (Lipinski definition) is 7. The van der Waals surface area contributed by atoms with Gasteiger partial charge in [-0.05, 0) is 57.2 Å². The van der Waals surface area contributed by atoms with Crippen LogP contribution in [0.4, 0.5) is 4.79 Å². The third-order valence-electron chi connectivity index (χ3n) is 6.49. The van der Waals surface area contributed by atoms with Crippen molar-refractivity contribution < 1.29 is 18.8 Å². The molecule has 1 aromatic carbocycles. The van der Waals surface area contributed by atoms with Crippen LogP contribution < -0.4 is 14.8 Å². The van der Waals surface area contributed by atoms with E-state index in [1.54, 1.807) is 14.2 Å². The van der Waals surface area contributed by atoms with E-state index in [2.05, 4.69) is 27.3 Å². The molecule has 2 saturated heterocycles. The molecule has 3 heterocycles. The lowest BCUT2D eigenvalue weighted by Crippen LogP contribution is -2.53. The van der Waals surface area contributed by atoms with Gasteiger partial charge < -0.3 is 24.2 Å². The van der Waals surface area contributed by atoms with Crippen LogP contribution in [0.1, 0.15) is 50.8 Å². The Morgan fingerprint density at radius 3 is 2.50 bits per heavy atom. The quantitative estimate of drug-likeness (QED) is 0.731. The van der Waals surface area contributed by atoms with E-state index in [1.165, 1.54) is 6.42 Å². The third kappa shape index (κ3) is 4.98. The molecule has 4 rings (SSSR count). The molecule has 2 fully saturated rings. The second kappa shape index (κ2) is 10.2. The molecule has 2 aliphatic heterocycles. The first-order valence-electron chi connectivity index (χ1n) is 11.4. The number of rotatable bonds is 6. The van der Waals surface area contributed by atoms with E-state index in [9.17, 15) is 4.79 Å². The Balaban J connectivity index is 1.32. The Labute approximate surface area is 189 Å². The van der Waals surface area contributed by atoms with Gasteiger partial charge in [0.2, 0.25) is 11.7 Å². The second-order valence-corrected chi connectivity index (χ2v) is 8.51. The van der Waals surface area contributed by atoms with Gasteiger partial charge in [-0.1, -0.05) is 5.16 Å². The smallest absolute Gasteiger partial charge is 0.318 e. The molecule has 0 aliphatic carbocycles. The van der Waals surface area contributed by atoms with Gasteiger partial charge in [0.05, 0.1) is 20.4 Å². The summed E-state index contributed by atoms with van der Waals surface area (Å²) in [5, 5.41) is 7.34. The largest absolute Gasteiger partial charge is 0.493 e. The van der Waals surface area contributed by atoms with Gasteiger partial charge in [0.15, 0.2) is 11.5 Å². The monoisotopic (exact) mass is 443 g/mol. The number of ether oxygens (including phenoxy) is 2. The predicted octanol–water partition coefficient (Wildman–Crippen LogP) is 3.47. The van der Waals surface area contributed by atoms with Crippen molar-refractivity contribution in [1.29, 1.82) is 0 Å². The summed E-state index contributed by atoms with van der Waals surface area (Å²) in [6.45, 7) is 5.53. The zero-order valence-corrected chi connectivity index (χ0v) is 19.2. The zero-order chi connectivity index (χ0) is 22.5. The molecule has 0 radical (unpaired) electrons. The lowest BCUT2D eigenvalue weighted by molar-refractivity contribution is 0.121. The highest BCUT2D eigenvalue weighted by molar-refractivity contribution is 5.74. The molecular formula is C23H33N5O4. The lowest BCUT2D eigenvalue weighted by atomic mass is 9.96. The van der Waals surface area contributed by atoms with E-state index in [-0.39, 0.29) is 18.1 Å². The van der Waals surface area contributed by atoms with E-state index in [4.69, 9.17) is 14.0 Å². The van der Waals surface area contributed by atoms with Crippen LogP contribution in [0.5, 0.6) is 11.5 Å². The van der Waals surface area contributed by atoms with Crippen LogP contribution in [0, 0.1) is 0 Å². The van der Waals surface area contributed by atoms with E-state index in [0.717, 1.165) is 57.4 Å². The number of methoxy groups -OCH3 is 2. The summed E-state index contributed by atoms with van der Waals surface area (Å²) in [5.41, 5.74) is 0.823. The highest BCUT2D eigenvalue weighted by Gasteiger charge is 2.29. The van der Waals surface area contributed by atoms with Crippen LogP contribution >= 0.6 is 0 Å². The summed E-state index contributed by atoms with van der Waals surface area (Å²) >= 11 is 0. The maximum atomic E-state index is 12.5. The summed E-state index contributed by atoms with van der Waals surface area (Å²) in [5.74, 6) is 2.72. The maximum Gasteiger partial charge on any atom is 0.318 e. The molecule has 1 unspecified atom stereocenters. The topological polar surface area (TPSA) is 93.0 Å². The fourth-order valence-corrected chi connectivity index (χ4v) is 4.49. The van der Waals surface area contributed by atoms with Crippen molar-refractivity contribution in [3.63, 3.8) is 0 Å². The first-order valence-corrected chi connectivity index (χ1v) is 11.4. The van der Waals surface area contributed by atoms with Gasteiger partial charge in [0.25, 0.3) is 0 Å². The number of amides is 2. The Kier molecular flexibility index (Phi) is 7.14. The zero-order valence-electron chi connectivity index (χ0n) is 19.2. The lowest BCUT2D eigenvalue weighted by Gasteiger charge is -2.36. The minimum atomic E-state index is 0.00962. The van der Waals surface area contributed by atoms with Crippen molar-refractivity contribution in [2.75, 3.05) is 40.4 Å². The molecule has 0 saturated carbocycles. The summed E-state index contributed by atoms with van der Waals surface area (Å²) < 4.78 is 16.3. The average Bonchev–Trinajstić information content (AvgIpc) is 3.34. The number of piperidine rings is 2. The number of carbonyl (C=O) groups excluding carboxylic acids is 1. The molecule has 1 aromatic heterocycles. The number of nitrogens with zero attached hydrogens (tertiary/aromatic N) is 4. The minimum absolute atomic E-state index is 0.00962. The fraction of sp³-hybridized carbons (Fsp3) is 0.609. The third-order valence-corrected chi connectivity index (χ3v) is 6.49. The SMILES string of the molecule is COc1ccc(-c2noc(C3CCN(C(C)NC(=O)N4CCCCC4)CC3)n2)cc1OC. The van der Waals surface area contributed by atoms with Gasteiger partial charge in [0.1, 0.15) is 0 Å². The number of benzene rings is 1. The molecule has 0 spiro atoms. The molecule has 2 aromatic rings. The number of aromatic nitrogens is 2. The van der Waals surface area contributed by atoms with E-state index in [0.29, 0.717) is 23.2 Å². The first-order chi connectivity index (χ1) is 15.6. The number of urea groups is 1. The van der Waals surface area contributed by atoms with Crippen LogP contribution in [0.15, 0.2) is 22.7 Å². The van der Waals surface area contributed by atoms with Crippen molar-refractivity contribution in [3.05, 3.63) is 24.1 Å². The molecule has 174 valence electrons. The van der Waals surface area contributed by atoms with E-state index < -0.39 is 0 Å². The molecule has 32 heavy (non-hydrogen) atoms. The van der Waals surface area contributed by atoms with Gasteiger partial charge in [-0.3, -0.25) is 4.90 Å². The van der Waals surface area contributed by atoms with Crippen LogP contribution in [0.3, 0.4) is 0 Å². The molecule has 9 heteroatoms. The molecule has 1 atom stereocenters. The number of nitrogens with one attached hydrogen (secondary N) is 1. The maximum absolute atomic E-state index is 12.5. The molecule has 2 amide bonds. The summed E-state index contributed by atoms with van der Waals surface area (Å²) in [7, 11) is 3.21. The van der Waals surface area contributed by atoms with Crippen molar-refractivity contribution in [3.8, 4) is 22.9 Å². The van der Waals surface area contributed by atoms with E-state index >= 15 is 0 Å². The predicted molar refractivity (Wildman–Crippen MR) is 120 cm³/mol. The van der Waals surface area contributed by atoms with Gasteiger partial charge in [-0.15, -0.1) is 0 Å². The molecular weight excluding hydrogens is 410 g/mol. The van der Waals surface area contributed by atoms with Crippen molar-refractivity contribution >= 4 is 6.03 Å². The molecule has 9 nitrogen and oxygen atoms in total. The van der Waals surface area contributed by atoms with Gasteiger partial charge >= 0.3 is 6.03 Å². The second-order valence-electron chi connectivity index (χ2n) is 8.51.